The van der Waals surface area contributed by atoms with Gasteiger partial charge in [0.15, 0.2) is 0 Å². The molecular formula is C21H35FO2. The maximum atomic E-state index is 13.5. The summed E-state index contributed by atoms with van der Waals surface area (Å²) >= 11 is 0. The van der Waals surface area contributed by atoms with Crippen molar-refractivity contribution in [3.63, 3.8) is 0 Å². The van der Waals surface area contributed by atoms with Crippen LogP contribution in [0.2, 0.25) is 0 Å². The van der Waals surface area contributed by atoms with Crippen molar-refractivity contribution in [1.29, 1.82) is 0 Å². The Hall–Kier alpha value is -0.930. The average molecular weight is 339 g/mol. The van der Waals surface area contributed by atoms with E-state index in [2.05, 4.69) is 0 Å². The summed E-state index contributed by atoms with van der Waals surface area (Å²) in [5.74, 6) is -0.0590. The monoisotopic (exact) mass is 338 g/mol. The fourth-order valence-corrected chi connectivity index (χ4v) is 2.90. The Morgan fingerprint density at radius 2 is 1.25 bits per heavy atom. The highest BCUT2D eigenvalue weighted by Crippen LogP contribution is 2.14. The maximum absolute atomic E-state index is 13.5. The van der Waals surface area contributed by atoms with Crippen LogP contribution in [-0.2, 0) is 11.2 Å². The number of unbranched alkanes of at least 4 members (excludes halogenated alkanes) is 9. The van der Waals surface area contributed by atoms with Gasteiger partial charge >= 0.3 is 0 Å². The fraction of sp³-hybridized carbons (Fsp3) is 0.714. The highest BCUT2D eigenvalue weighted by atomic mass is 19.1. The Labute approximate surface area is 147 Å². The molecule has 0 atom stereocenters. The van der Waals surface area contributed by atoms with Crippen LogP contribution in [0.3, 0.4) is 0 Å². The predicted molar refractivity (Wildman–Crippen MR) is 98.8 cm³/mol. The van der Waals surface area contributed by atoms with Crippen LogP contribution in [0.1, 0.15) is 76.2 Å². The third-order valence-electron chi connectivity index (χ3n) is 4.39. The molecular weight excluding hydrogens is 303 g/mol. The number of aliphatic hydroxyl groups excluding tert-OH is 1. The van der Waals surface area contributed by atoms with Gasteiger partial charge in [-0.05, 0) is 37.3 Å². The average Bonchev–Trinajstić information content (AvgIpc) is 2.60. The Balaban J connectivity index is 1.77. The molecule has 0 spiro atoms. The molecule has 0 heterocycles. The van der Waals surface area contributed by atoms with Gasteiger partial charge in [0.2, 0.25) is 0 Å². The Morgan fingerprint density at radius 1 is 0.708 bits per heavy atom. The first-order valence-corrected chi connectivity index (χ1v) is 9.76. The van der Waals surface area contributed by atoms with E-state index < -0.39 is 0 Å². The van der Waals surface area contributed by atoms with Crippen molar-refractivity contribution in [2.24, 2.45) is 0 Å². The number of benzene rings is 1. The third kappa shape index (κ3) is 11.6. The number of aryl methyl sites for hydroxylation is 1. The van der Waals surface area contributed by atoms with E-state index in [0.29, 0.717) is 6.61 Å². The number of hydrogen-bond donors (Lipinski definition) is 1. The van der Waals surface area contributed by atoms with E-state index in [4.69, 9.17) is 9.84 Å². The zero-order valence-corrected chi connectivity index (χ0v) is 15.1. The topological polar surface area (TPSA) is 29.5 Å². The second-order valence-corrected chi connectivity index (χ2v) is 6.57. The summed E-state index contributed by atoms with van der Waals surface area (Å²) in [5, 5.41) is 8.63. The summed E-state index contributed by atoms with van der Waals surface area (Å²) in [6, 6.07) is 7.12. The van der Waals surface area contributed by atoms with Crippen LogP contribution in [0.5, 0.6) is 0 Å². The van der Waals surface area contributed by atoms with Crippen LogP contribution in [0.25, 0.3) is 0 Å². The largest absolute Gasteiger partial charge is 0.396 e. The van der Waals surface area contributed by atoms with E-state index in [1.165, 1.54) is 51.4 Å². The van der Waals surface area contributed by atoms with Gasteiger partial charge in [0.25, 0.3) is 0 Å². The van der Waals surface area contributed by atoms with E-state index in [1.54, 1.807) is 12.1 Å². The first-order chi connectivity index (χ1) is 11.8. The number of hydrogen-bond acceptors (Lipinski definition) is 2. The molecule has 1 rings (SSSR count). The molecule has 0 bridgehead atoms. The number of rotatable bonds is 16. The third-order valence-corrected chi connectivity index (χ3v) is 4.39. The summed E-state index contributed by atoms with van der Waals surface area (Å²) in [6.45, 7) is 1.75. The van der Waals surface area contributed by atoms with Gasteiger partial charge in [-0.1, -0.05) is 69.6 Å². The molecule has 0 aliphatic rings. The van der Waals surface area contributed by atoms with Crippen LogP contribution in [0, 0.1) is 5.82 Å². The van der Waals surface area contributed by atoms with E-state index in [0.717, 1.165) is 37.9 Å². The molecule has 3 heteroatoms. The minimum Gasteiger partial charge on any atom is -0.396 e. The minimum absolute atomic E-state index is 0.0590. The van der Waals surface area contributed by atoms with Crippen molar-refractivity contribution in [2.75, 3.05) is 19.8 Å². The van der Waals surface area contributed by atoms with Gasteiger partial charge in [0.05, 0.1) is 0 Å². The molecule has 138 valence electrons. The van der Waals surface area contributed by atoms with Crippen LogP contribution >= 0.6 is 0 Å². The van der Waals surface area contributed by atoms with Crippen molar-refractivity contribution in [3.8, 4) is 0 Å². The van der Waals surface area contributed by atoms with Crippen LogP contribution in [0.15, 0.2) is 24.3 Å². The summed E-state index contributed by atoms with van der Waals surface area (Å²) in [6.07, 6.45) is 14.2. The predicted octanol–water partition coefficient (Wildman–Crippen LogP) is 5.67. The summed E-state index contributed by atoms with van der Waals surface area (Å²) in [7, 11) is 0. The number of ether oxygens (including phenoxy) is 1. The van der Waals surface area contributed by atoms with Gasteiger partial charge in [-0.15, -0.1) is 0 Å². The molecule has 0 aromatic heterocycles. The molecule has 1 N–H and O–H groups in total. The second kappa shape index (κ2) is 15.6. The zero-order valence-electron chi connectivity index (χ0n) is 15.1. The van der Waals surface area contributed by atoms with Gasteiger partial charge in [0, 0.05) is 19.8 Å². The summed E-state index contributed by atoms with van der Waals surface area (Å²) in [4.78, 5) is 0. The molecule has 0 aliphatic heterocycles. The Morgan fingerprint density at radius 3 is 1.88 bits per heavy atom. The summed E-state index contributed by atoms with van der Waals surface area (Å²) < 4.78 is 18.9. The van der Waals surface area contributed by atoms with E-state index in [-0.39, 0.29) is 12.4 Å². The standard InChI is InChI=1S/C21H35FO2/c22-21-16-11-10-15-20(21)14-9-7-5-3-1-2-4-6-8-12-18-24-19-13-17-23/h10-11,15-16,23H,1-9,12-14,17-19H2. The molecule has 0 saturated heterocycles. The lowest BCUT2D eigenvalue weighted by Gasteiger charge is -2.05. The molecule has 0 fully saturated rings. The smallest absolute Gasteiger partial charge is 0.126 e. The highest BCUT2D eigenvalue weighted by molar-refractivity contribution is 5.17. The Kier molecular flexibility index (Phi) is 13.7. The molecule has 24 heavy (non-hydrogen) atoms. The highest BCUT2D eigenvalue weighted by Gasteiger charge is 2.00. The molecule has 1 aromatic rings. The van der Waals surface area contributed by atoms with Crippen molar-refractivity contribution in [2.45, 2.75) is 77.0 Å². The van der Waals surface area contributed by atoms with Gasteiger partial charge in [-0.2, -0.15) is 0 Å². The molecule has 1 aromatic carbocycles. The van der Waals surface area contributed by atoms with Crippen LogP contribution in [0.4, 0.5) is 4.39 Å². The molecule has 0 radical (unpaired) electrons. The normalized spacial score (nSPS) is 11.1. The van der Waals surface area contributed by atoms with Gasteiger partial charge in [-0.3, -0.25) is 0 Å². The zero-order chi connectivity index (χ0) is 17.3. The van der Waals surface area contributed by atoms with E-state index in [9.17, 15) is 4.39 Å². The second-order valence-electron chi connectivity index (χ2n) is 6.57. The van der Waals surface area contributed by atoms with E-state index in [1.807, 2.05) is 12.1 Å². The quantitative estimate of drug-likeness (QED) is 0.394. The maximum Gasteiger partial charge on any atom is 0.126 e. The number of aliphatic hydroxyl groups is 1. The number of halogens is 1. The van der Waals surface area contributed by atoms with Crippen LogP contribution in [-0.4, -0.2) is 24.9 Å². The van der Waals surface area contributed by atoms with Crippen molar-refractivity contribution < 1.29 is 14.2 Å². The van der Waals surface area contributed by atoms with E-state index >= 15 is 0 Å². The lowest BCUT2D eigenvalue weighted by molar-refractivity contribution is 0.112. The lowest BCUT2D eigenvalue weighted by atomic mass is 10.0. The van der Waals surface area contributed by atoms with Crippen LogP contribution < -0.4 is 0 Å². The fourth-order valence-electron chi connectivity index (χ4n) is 2.90. The lowest BCUT2D eigenvalue weighted by Crippen LogP contribution is -1.98. The SMILES string of the molecule is OCCCOCCCCCCCCCCCCc1ccccc1F. The molecule has 0 unspecified atom stereocenters. The van der Waals surface area contributed by atoms with Crippen molar-refractivity contribution in [3.05, 3.63) is 35.6 Å². The molecule has 0 amide bonds. The summed E-state index contributed by atoms with van der Waals surface area (Å²) in [5.41, 5.74) is 0.859. The first-order valence-electron chi connectivity index (χ1n) is 9.76. The van der Waals surface area contributed by atoms with Gasteiger partial charge < -0.3 is 9.84 Å². The molecule has 0 saturated carbocycles. The van der Waals surface area contributed by atoms with Gasteiger partial charge in [0.1, 0.15) is 5.82 Å². The minimum atomic E-state index is -0.0590. The molecule has 2 nitrogen and oxygen atoms in total. The Bertz CT molecular complexity index is 395. The van der Waals surface area contributed by atoms with Crippen molar-refractivity contribution in [1.82, 2.24) is 0 Å². The van der Waals surface area contributed by atoms with Crippen molar-refractivity contribution >= 4 is 0 Å². The van der Waals surface area contributed by atoms with Gasteiger partial charge in [-0.25, -0.2) is 4.39 Å². The molecule has 0 aliphatic carbocycles. The first kappa shape index (κ1) is 21.1.